The molecule has 1 aliphatic heterocycles. The predicted octanol–water partition coefficient (Wildman–Crippen LogP) is 6.85. The summed E-state index contributed by atoms with van der Waals surface area (Å²) in [6, 6.07) is 4.86. The number of rotatable bonds is 13. The fourth-order valence-electron chi connectivity index (χ4n) is 5.23. The summed E-state index contributed by atoms with van der Waals surface area (Å²) in [6.07, 6.45) is 10.0. The molecule has 1 saturated heterocycles. The molecule has 0 aromatic carbocycles. The lowest BCUT2D eigenvalue weighted by Gasteiger charge is -2.30. The number of aryl methyl sites for hydroxylation is 2. The Hall–Kier alpha value is -3.97. The molecule has 1 amide bonds. The Morgan fingerprint density at radius 1 is 1.25 bits per heavy atom. The lowest BCUT2D eigenvalue weighted by Crippen LogP contribution is -2.33. The van der Waals surface area contributed by atoms with Gasteiger partial charge in [0.05, 0.1) is 29.8 Å². The van der Waals surface area contributed by atoms with E-state index in [4.69, 9.17) is 9.36 Å². The maximum Gasteiger partial charge on any atom is 0.246 e. The van der Waals surface area contributed by atoms with Gasteiger partial charge in [0.1, 0.15) is 6.54 Å². The molecule has 3 aromatic rings. The lowest BCUT2D eigenvalue weighted by molar-refractivity contribution is -0.116. The highest BCUT2D eigenvalue weighted by Crippen LogP contribution is 2.19. The first-order valence-corrected chi connectivity index (χ1v) is 17.7. The molecule has 264 valence electrons. The Balaban J connectivity index is 0.00000193. The van der Waals surface area contributed by atoms with Crippen molar-refractivity contribution in [2.24, 2.45) is 16.0 Å². The topological polar surface area (TPSA) is 116 Å². The molecule has 0 radical (unpaired) electrons. The van der Waals surface area contributed by atoms with Crippen LogP contribution < -0.4 is 16.1 Å². The monoisotopic (exact) mass is 682 g/mol. The fourth-order valence-corrected chi connectivity index (χ4v) is 5.90. The molecule has 13 heteroatoms. The van der Waals surface area contributed by atoms with Gasteiger partial charge in [0.2, 0.25) is 11.9 Å². The van der Waals surface area contributed by atoms with Crippen molar-refractivity contribution in [1.82, 2.24) is 28.8 Å². The summed E-state index contributed by atoms with van der Waals surface area (Å²) in [5.74, 6) is 0.595. The van der Waals surface area contributed by atoms with E-state index in [-0.39, 0.29) is 12.5 Å². The average molecular weight is 683 g/mol. The van der Waals surface area contributed by atoms with Gasteiger partial charge in [0.25, 0.3) is 0 Å². The molecule has 0 spiro atoms. The first-order chi connectivity index (χ1) is 23.2. The van der Waals surface area contributed by atoms with E-state index in [2.05, 4.69) is 48.2 Å². The molecule has 1 atom stereocenters. The molecule has 1 unspecified atom stereocenters. The highest BCUT2D eigenvalue weighted by molar-refractivity contribution is 7.05. The number of nitrogens with zero attached hydrogens (tertiary/aromatic N) is 8. The van der Waals surface area contributed by atoms with Crippen molar-refractivity contribution in [3.8, 4) is 0 Å². The summed E-state index contributed by atoms with van der Waals surface area (Å²) >= 11 is 1.53. The van der Waals surface area contributed by atoms with Crippen LogP contribution in [0.15, 0.2) is 52.5 Å². The number of carbonyl (C=O) groups excluding carboxylic acids is 1. The smallest absolute Gasteiger partial charge is 0.246 e. The molecular formula is C35H55FN10OS. The number of hydrogen-bond acceptors (Lipinski definition) is 10. The van der Waals surface area contributed by atoms with E-state index in [9.17, 15) is 9.18 Å². The van der Waals surface area contributed by atoms with Crippen LogP contribution in [0.4, 0.5) is 15.9 Å². The summed E-state index contributed by atoms with van der Waals surface area (Å²) < 4.78 is 19.9. The highest BCUT2D eigenvalue weighted by Gasteiger charge is 2.17. The van der Waals surface area contributed by atoms with Crippen molar-refractivity contribution < 1.29 is 9.18 Å². The van der Waals surface area contributed by atoms with Crippen LogP contribution in [0.5, 0.6) is 0 Å². The maximum atomic E-state index is 13.1. The fraction of sp³-hybridized carbons (Fsp3) is 0.543. The zero-order valence-electron chi connectivity index (χ0n) is 30.3. The number of anilines is 2. The molecular weight excluding hydrogens is 628 g/mol. The van der Waals surface area contributed by atoms with Crippen molar-refractivity contribution in [3.63, 3.8) is 0 Å². The quantitative estimate of drug-likeness (QED) is 0.115. The minimum atomic E-state index is -0.602. The van der Waals surface area contributed by atoms with Crippen LogP contribution in [0.1, 0.15) is 84.0 Å². The molecule has 0 aliphatic carbocycles. The summed E-state index contributed by atoms with van der Waals surface area (Å²) in [7, 11) is 1.77. The largest absolute Gasteiger partial charge is 0.362 e. The van der Waals surface area contributed by atoms with Crippen LogP contribution >= 0.6 is 11.5 Å². The molecule has 1 aliphatic rings. The van der Waals surface area contributed by atoms with Crippen LogP contribution in [0.3, 0.4) is 0 Å². The number of amides is 1. The molecule has 3 aromatic heterocycles. The van der Waals surface area contributed by atoms with Gasteiger partial charge in [-0.1, -0.05) is 40.2 Å². The second-order valence-corrected chi connectivity index (χ2v) is 12.1. The second kappa shape index (κ2) is 21.8. The number of hydrogen-bond donors (Lipinski definition) is 2. The van der Waals surface area contributed by atoms with Crippen LogP contribution in [-0.2, 0) is 24.4 Å². The van der Waals surface area contributed by atoms with Crippen molar-refractivity contribution in [3.05, 3.63) is 70.1 Å². The van der Waals surface area contributed by atoms with E-state index in [1.165, 1.54) is 42.7 Å². The first-order valence-electron chi connectivity index (χ1n) is 17.0. The third kappa shape index (κ3) is 13.6. The normalized spacial score (nSPS) is 15.3. The summed E-state index contributed by atoms with van der Waals surface area (Å²) in [5, 5.41) is 12.1. The molecule has 1 fully saturated rings. The molecule has 48 heavy (non-hydrogen) atoms. The van der Waals surface area contributed by atoms with Crippen molar-refractivity contribution in [2.45, 2.75) is 94.3 Å². The number of allylic oxidation sites excluding steroid dienone is 1. The molecule has 0 saturated carbocycles. The number of aromatic nitrogens is 4. The third-order valence-electron chi connectivity index (χ3n) is 7.19. The van der Waals surface area contributed by atoms with E-state index in [1.807, 2.05) is 53.9 Å². The van der Waals surface area contributed by atoms with Gasteiger partial charge in [-0.3, -0.25) is 19.7 Å². The van der Waals surface area contributed by atoms with Crippen LogP contribution in [0.2, 0.25) is 0 Å². The second-order valence-electron chi connectivity index (χ2n) is 11.2. The minimum absolute atomic E-state index is 0.000616. The number of pyridine rings is 1. The minimum Gasteiger partial charge on any atom is -0.362 e. The van der Waals surface area contributed by atoms with E-state index in [1.54, 1.807) is 25.2 Å². The number of halogens is 1. The Labute approximate surface area is 290 Å². The number of carbonyl (C=O) groups is 1. The number of likely N-dealkylation sites (tertiary alicyclic amines) is 1. The Morgan fingerprint density at radius 3 is 2.69 bits per heavy atom. The summed E-state index contributed by atoms with van der Waals surface area (Å²) in [4.78, 5) is 29.1. The molecule has 2 N–H and O–H groups in total. The number of piperidine rings is 1. The molecule has 4 rings (SSSR count). The molecule has 0 bridgehead atoms. The maximum absolute atomic E-state index is 13.1. The van der Waals surface area contributed by atoms with Gasteiger partial charge in [0.15, 0.2) is 11.3 Å². The Kier molecular flexibility index (Phi) is 18.3. The van der Waals surface area contributed by atoms with Crippen LogP contribution in [0.25, 0.3) is 0 Å². The van der Waals surface area contributed by atoms with Gasteiger partial charge in [0, 0.05) is 50.2 Å². The number of hydrazone groups is 1. The average Bonchev–Trinajstić information content (AvgIpc) is 3.52. The molecule has 11 nitrogen and oxygen atoms in total. The Morgan fingerprint density at radius 2 is 2.02 bits per heavy atom. The number of nitrogens with one attached hydrogen (secondary N) is 2. The van der Waals surface area contributed by atoms with E-state index in [0.29, 0.717) is 25.2 Å². The van der Waals surface area contributed by atoms with E-state index < -0.39 is 5.95 Å². The van der Waals surface area contributed by atoms with Gasteiger partial charge in [-0.2, -0.15) is 13.9 Å². The van der Waals surface area contributed by atoms with Gasteiger partial charge < -0.3 is 15.2 Å². The van der Waals surface area contributed by atoms with Crippen LogP contribution in [0, 0.1) is 18.8 Å². The first kappa shape index (κ1) is 40.2. The van der Waals surface area contributed by atoms with Crippen molar-refractivity contribution in [2.75, 3.05) is 37.3 Å². The summed E-state index contributed by atoms with van der Waals surface area (Å²) in [6.45, 7) is 20.6. The van der Waals surface area contributed by atoms with Gasteiger partial charge in [-0.25, -0.2) is 9.97 Å². The SMILES string of the molecule is C/C=N\N(/C=C(\C)CCn1cc(C)nc(NCc2cc(CN3CCCC(C)C3)ns2)c1=NC)CC(=O)Nc1ccc(F)nc1.CC.CC. The summed E-state index contributed by atoms with van der Waals surface area (Å²) in [5.41, 5.74) is 4.24. The highest BCUT2D eigenvalue weighted by atomic mass is 32.1. The zero-order chi connectivity index (χ0) is 35.5. The standard InChI is InChI=1S/C31H43FN10OS.2C2H6/c1-6-36-42(21-29(43)38-25-9-10-28(32)34-15-25)18-23(3)11-13-41-19-24(4)37-30(31(41)33-5)35-16-27-14-26(39-44-27)20-40-12-7-8-22(2)17-40;2*1-2/h6,9-10,14-15,18-19,22H,7-8,11-13,16-17,20-21H2,1-5H3,(H,35,37)(H,38,43);2*1-2H3/b23-18+,33-31?,36-6-;;. The van der Waals surface area contributed by atoms with Gasteiger partial charge in [-0.05, 0) is 82.2 Å². The lowest BCUT2D eigenvalue weighted by atomic mass is 10.0. The molecule has 4 heterocycles. The third-order valence-corrected chi connectivity index (χ3v) is 8.01. The van der Waals surface area contributed by atoms with Gasteiger partial charge >= 0.3 is 0 Å². The van der Waals surface area contributed by atoms with E-state index >= 15 is 0 Å². The van der Waals surface area contributed by atoms with Gasteiger partial charge in [-0.15, -0.1) is 0 Å². The zero-order valence-corrected chi connectivity index (χ0v) is 31.1. The predicted molar refractivity (Wildman–Crippen MR) is 196 cm³/mol. The van der Waals surface area contributed by atoms with Crippen molar-refractivity contribution >= 4 is 35.2 Å². The van der Waals surface area contributed by atoms with Crippen molar-refractivity contribution in [1.29, 1.82) is 0 Å². The Bertz CT molecular complexity index is 1520. The van der Waals surface area contributed by atoms with Crippen LogP contribution in [-0.4, -0.2) is 67.6 Å². The van der Waals surface area contributed by atoms with E-state index in [0.717, 1.165) is 58.7 Å².